The molecule has 0 spiro atoms. The van der Waals surface area contributed by atoms with Gasteiger partial charge in [-0.05, 0) is 73.5 Å². The van der Waals surface area contributed by atoms with Gasteiger partial charge in [0.05, 0.1) is 17.1 Å². The summed E-state index contributed by atoms with van der Waals surface area (Å²) in [5, 5.41) is 6.03. The molecule has 5 nitrogen and oxygen atoms in total. The van der Waals surface area contributed by atoms with E-state index in [1.165, 1.54) is 12.1 Å². The summed E-state index contributed by atoms with van der Waals surface area (Å²) in [4.78, 5) is 19.7. The van der Waals surface area contributed by atoms with Gasteiger partial charge in [0.25, 0.3) is 5.91 Å². The minimum atomic E-state index is -0.317. The third-order valence-corrected chi connectivity index (χ3v) is 7.39. The molecular weight excluding hydrogens is 507 g/mol. The number of thioether (sulfide) groups is 1. The van der Waals surface area contributed by atoms with Gasteiger partial charge in [-0.25, -0.2) is 14.1 Å². The zero-order chi connectivity index (χ0) is 25.8. The lowest BCUT2D eigenvalue weighted by atomic mass is 10.1. The molecule has 3 aromatic carbocycles. The Kier molecular flexibility index (Phi) is 7.53. The van der Waals surface area contributed by atoms with E-state index in [0.717, 1.165) is 34.6 Å². The molecule has 2 heterocycles. The average molecular weight is 531 g/mol. The number of benzene rings is 3. The van der Waals surface area contributed by atoms with Crippen molar-refractivity contribution < 1.29 is 9.18 Å². The Morgan fingerprint density at radius 2 is 1.89 bits per heavy atom. The second-order valence-electron chi connectivity index (χ2n) is 8.57. The minimum absolute atomic E-state index is 0.165. The van der Waals surface area contributed by atoms with Crippen molar-refractivity contribution in [1.82, 2.24) is 14.7 Å². The van der Waals surface area contributed by atoms with Crippen molar-refractivity contribution in [3.63, 3.8) is 0 Å². The minimum Gasteiger partial charge on any atom is -0.288 e. The molecule has 1 aliphatic heterocycles. The van der Waals surface area contributed by atoms with Crippen LogP contribution in [0.4, 0.5) is 10.1 Å². The number of rotatable bonds is 5. The van der Waals surface area contributed by atoms with Gasteiger partial charge in [0.2, 0.25) is 0 Å². The van der Waals surface area contributed by atoms with E-state index in [1.54, 1.807) is 45.6 Å². The summed E-state index contributed by atoms with van der Waals surface area (Å²) in [6.45, 7) is 2.53. The highest BCUT2D eigenvalue weighted by Gasteiger charge is 2.22. The normalized spacial score (nSPS) is 15.0. The molecule has 0 unspecified atom stereocenters. The highest BCUT2D eigenvalue weighted by atomic mass is 35.5. The van der Waals surface area contributed by atoms with Crippen LogP contribution in [0.3, 0.4) is 0 Å². The van der Waals surface area contributed by atoms with Crippen LogP contribution in [0.1, 0.15) is 17.5 Å². The largest absolute Gasteiger partial charge is 0.288 e. The summed E-state index contributed by atoms with van der Waals surface area (Å²) in [6, 6.07) is 21.5. The fourth-order valence-corrected chi connectivity index (χ4v) is 5.06. The Morgan fingerprint density at radius 3 is 2.65 bits per heavy atom. The van der Waals surface area contributed by atoms with Gasteiger partial charge in [0.15, 0.2) is 5.17 Å². The van der Waals surface area contributed by atoms with Gasteiger partial charge in [-0.1, -0.05) is 47.6 Å². The summed E-state index contributed by atoms with van der Waals surface area (Å²) in [6.07, 6.45) is 6.05. The molecule has 0 aliphatic carbocycles. The predicted molar refractivity (Wildman–Crippen MR) is 150 cm³/mol. The number of aliphatic imine (C=N–C) groups is 1. The van der Waals surface area contributed by atoms with E-state index >= 15 is 0 Å². The number of hydrogen-bond acceptors (Lipinski definition) is 4. The first-order valence-electron chi connectivity index (χ1n) is 11.9. The van der Waals surface area contributed by atoms with Gasteiger partial charge in [-0.3, -0.25) is 9.69 Å². The number of aromatic nitrogens is 2. The van der Waals surface area contributed by atoms with Gasteiger partial charge in [0, 0.05) is 40.7 Å². The van der Waals surface area contributed by atoms with Gasteiger partial charge < -0.3 is 0 Å². The molecule has 1 amide bonds. The van der Waals surface area contributed by atoms with Gasteiger partial charge in [-0.15, -0.1) is 0 Å². The summed E-state index contributed by atoms with van der Waals surface area (Å²) < 4.78 is 15.3. The molecule has 1 aliphatic rings. The van der Waals surface area contributed by atoms with E-state index in [0.29, 0.717) is 28.1 Å². The Bertz CT molecular complexity index is 1480. The van der Waals surface area contributed by atoms with Crippen LogP contribution in [0.15, 0.2) is 90.1 Å². The number of amides is 1. The predicted octanol–water partition coefficient (Wildman–Crippen LogP) is 7.31. The molecule has 5 rings (SSSR count). The van der Waals surface area contributed by atoms with Crippen molar-refractivity contribution >= 4 is 46.2 Å². The SMILES string of the molecule is Cc1ccc(N=C2SCCCN2C(=O)/C=C/c2cn(-c3ccccc3)nc2-c2ccc(F)cc2)cc1Cl. The highest BCUT2D eigenvalue weighted by Crippen LogP contribution is 2.28. The second kappa shape index (κ2) is 11.2. The quantitative estimate of drug-likeness (QED) is 0.254. The van der Waals surface area contributed by atoms with Gasteiger partial charge >= 0.3 is 0 Å². The zero-order valence-corrected chi connectivity index (χ0v) is 21.7. The van der Waals surface area contributed by atoms with Crippen LogP contribution < -0.4 is 0 Å². The van der Waals surface area contributed by atoms with Crippen LogP contribution in [0.2, 0.25) is 5.02 Å². The molecule has 0 atom stereocenters. The molecule has 0 bridgehead atoms. The zero-order valence-electron chi connectivity index (χ0n) is 20.1. The number of carbonyl (C=O) groups is 1. The first-order valence-corrected chi connectivity index (χ1v) is 13.2. The first kappa shape index (κ1) is 25.0. The fraction of sp³-hybridized carbons (Fsp3) is 0.138. The molecular formula is C29H24ClFN4OS. The van der Waals surface area contributed by atoms with Crippen LogP contribution in [0.5, 0.6) is 0 Å². The average Bonchev–Trinajstić information content (AvgIpc) is 3.35. The fourth-order valence-electron chi connectivity index (χ4n) is 3.92. The molecule has 1 aromatic heterocycles. The Hall–Kier alpha value is -3.68. The molecule has 0 saturated carbocycles. The Morgan fingerprint density at radius 1 is 1.11 bits per heavy atom. The lowest BCUT2D eigenvalue weighted by Crippen LogP contribution is -2.38. The number of hydrogen-bond donors (Lipinski definition) is 0. The maximum absolute atomic E-state index is 13.6. The smallest absolute Gasteiger partial charge is 0.252 e. The summed E-state index contributed by atoms with van der Waals surface area (Å²) in [5.74, 6) is 0.411. The topological polar surface area (TPSA) is 50.5 Å². The maximum Gasteiger partial charge on any atom is 0.252 e. The summed E-state index contributed by atoms with van der Waals surface area (Å²) in [5.41, 5.74) is 4.74. The summed E-state index contributed by atoms with van der Waals surface area (Å²) in [7, 11) is 0. The molecule has 37 heavy (non-hydrogen) atoms. The van der Waals surface area contributed by atoms with E-state index in [9.17, 15) is 9.18 Å². The monoisotopic (exact) mass is 530 g/mol. The molecule has 0 N–H and O–H groups in total. The van der Waals surface area contributed by atoms with Crippen molar-refractivity contribution in [2.45, 2.75) is 13.3 Å². The van der Waals surface area contributed by atoms with E-state index in [2.05, 4.69) is 0 Å². The molecule has 0 radical (unpaired) electrons. The van der Waals surface area contributed by atoms with E-state index < -0.39 is 0 Å². The summed E-state index contributed by atoms with van der Waals surface area (Å²) >= 11 is 7.83. The lowest BCUT2D eigenvalue weighted by Gasteiger charge is -2.26. The third kappa shape index (κ3) is 5.84. The number of halogens is 2. The number of para-hydroxylation sites is 1. The van der Waals surface area contributed by atoms with Crippen LogP contribution in [0.25, 0.3) is 23.0 Å². The molecule has 1 saturated heterocycles. The standard InChI is InChI=1S/C29H24ClFN4OS/c1-20-8-14-24(18-26(20)30)32-29-34(16-5-17-37-29)27(36)15-11-22-19-35(25-6-3-2-4-7-25)33-28(22)21-9-12-23(31)13-10-21/h2-4,6-15,18-19H,5,16-17H2,1H3/b15-11+,32-29?. The molecule has 4 aromatic rings. The Labute approximate surface area is 224 Å². The van der Waals surface area contributed by atoms with Crippen molar-refractivity contribution in [1.29, 1.82) is 0 Å². The lowest BCUT2D eigenvalue weighted by molar-refractivity contribution is -0.122. The van der Waals surface area contributed by atoms with Crippen LogP contribution in [-0.2, 0) is 4.79 Å². The van der Waals surface area contributed by atoms with E-state index in [4.69, 9.17) is 21.7 Å². The van der Waals surface area contributed by atoms with Crippen molar-refractivity contribution in [2.24, 2.45) is 4.99 Å². The number of aryl methyl sites for hydroxylation is 1. The molecule has 1 fully saturated rings. The van der Waals surface area contributed by atoms with Gasteiger partial charge in [0.1, 0.15) is 5.82 Å². The van der Waals surface area contributed by atoms with Crippen LogP contribution in [-0.4, -0.2) is 38.1 Å². The van der Waals surface area contributed by atoms with E-state index in [1.807, 2.05) is 61.7 Å². The maximum atomic E-state index is 13.6. The van der Waals surface area contributed by atoms with Crippen molar-refractivity contribution in [3.05, 3.63) is 107 Å². The van der Waals surface area contributed by atoms with Crippen LogP contribution >= 0.6 is 23.4 Å². The van der Waals surface area contributed by atoms with Gasteiger partial charge in [-0.2, -0.15) is 5.10 Å². The first-order chi connectivity index (χ1) is 18.0. The number of carbonyl (C=O) groups excluding carboxylic acids is 1. The Balaban J connectivity index is 1.45. The van der Waals surface area contributed by atoms with Crippen molar-refractivity contribution in [2.75, 3.05) is 12.3 Å². The molecule has 8 heteroatoms. The second-order valence-corrected chi connectivity index (χ2v) is 10.0. The molecule has 186 valence electrons. The number of amidine groups is 1. The van der Waals surface area contributed by atoms with Crippen molar-refractivity contribution in [3.8, 4) is 16.9 Å². The van der Waals surface area contributed by atoms with E-state index in [-0.39, 0.29) is 11.7 Å². The third-order valence-electron chi connectivity index (χ3n) is 5.92. The number of nitrogens with zero attached hydrogens (tertiary/aromatic N) is 4. The highest BCUT2D eigenvalue weighted by molar-refractivity contribution is 8.13. The van der Waals surface area contributed by atoms with Crippen LogP contribution in [0, 0.1) is 12.7 Å².